The molecule has 0 bridgehead atoms. The number of carbonyl (C=O) groups is 1. The van der Waals surface area contributed by atoms with Gasteiger partial charge in [-0.3, -0.25) is 9.48 Å². The smallest absolute Gasteiger partial charge is 0.358 e. The van der Waals surface area contributed by atoms with Crippen molar-refractivity contribution in [2.24, 2.45) is 0 Å². The second kappa shape index (κ2) is 7.54. The molecule has 1 aromatic carbocycles. The summed E-state index contributed by atoms with van der Waals surface area (Å²) in [5, 5.41) is 22.1. The first-order valence-corrected chi connectivity index (χ1v) is 8.11. The molecule has 0 saturated heterocycles. The highest BCUT2D eigenvalue weighted by atomic mass is 35.5. The molecule has 134 valence electrons. The van der Waals surface area contributed by atoms with Crippen molar-refractivity contribution >= 4 is 40.6 Å². The van der Waals surface area contributed by atoms with E-state index in [2.05, 4.69) is 15.5 Å². The largest absolute Gasteiger partial charge is 0.389 e. The highest BCUT2D eigenvalue weighted by Gasteiger charge is 2.14. The monoisotopic (exact) mass is 394 g/mol. The van der Waals surface area contributed by atoms with Crippen molar-refractivity contribution < 1.29 is 9.72 Å². The molecule has 0 saturated carbocycles. The summed E-state index contributed by atoms with van der Waals surface area (Å²) >= 11 is 12.3. The first kappa shape index (κ1) is 17.9. The van der Waals surface area contributed by atoms with Gasteiger partial charge in [0.25, 0.3) is 0 Å². The van der Waals surface area contributed by atoms with Crippen LogP contribution in [0.2, 0.25) is 10.0 Å². The van der Waals surface area contributed by atoms with Crippen LogP contribution in [0.1, 0.15) is 5.56 Å². The molecule has 0 aliphatic heterocycles. The van der Waals surface area contributed by atoms with Gasteiger partial charge in [0.1, 0.15) is 6.54 Å². The van der Waals surface area contributed by atoms with Crippen molar-refractivity contribution in [2.75, 3.05) is 5.32 Å². The van der Waals surface area contributed by atoms with E-state index in [0.29, 0.717) is 22.3 Å². The molecule has 0 atom stereocenters. The summed E-state index contributed by atoms with van der Waals surface area (Å²) in [6.07, 6.45) is 4.47. The zero-order valence-corrected chi connectivity index (χ0v) is 14.7. The van der Waals surface area contributed by atoms with Gasteiger partial charge >= 0.3 is 5.82 Å². The molecule has 0 fully saturated rings. The first-order valence-electron chi connectivity index (χ1n) is 7.35. The molecule has 26 heavy (non-hydrogen) atoms. The van der Waals surface area contributed by atoms with Crippen LogP contribution in [-0.2, 0) is 17.9 Å². The van der Waals surface area contributed by atoms with E-state index in [0.717, 1.165) is 5.56 Å². The third-order valence-corrected chi connectivity index (χ3v) is 4.13. The van der Waals surface area contributed by atoms with E-state index in [4.69, 9.17) is 23.2 Å². The van der Waals surface area contributed by atoms with E-state index in [1.807, 2.05) is 0 Å². The molecular formula is C15H12Cl2N6O3. The maximum absolute atomic E-state index is 12.0. The molecule has 2 heterocycles. The fourth-order valence-corrected chi connectivity index (χ4v) is 2.76. The van der Waals surface area contributed by atoms with Crippen LogP contribution in [0.5, 0.6) is 0 Å². The summed E-state index contributed by atoms with van der Waals surface area (Å²) < 4.78 is 2.77. The predicted octanol–water partition coefficient (Wildman–Crippen LogP) is 2.98. The normalized spacial score (nSPS) is 10.7. The van der Waals surface area contributed by atoms with Gasteiger partial charge in [-0.15, -0.1) is 0 Å². The number of carbonyl (C=O) groups excluding carboxylic acids is 1. The van der Waals surface area contributed by atoms with Gasteiger partial charge in [-0.05, 0) is 17.1 Å². The predicted molar refractivity (Wildman–Crippen MR) is 95.3 cm³/mol. The Hall–Kier alpha value is -2.91. The Bertz CT molecular complexity index is 948. The number of anilines is 1. The van der Waals surface area contributed by atoms with Crippen LogP contribution < -0.4 is 5.32 Å². The lowest BCUT2D eigenvalue weighted by Gasteiger charge is -2.06. The SMILES string of the molecule is O=C(Cn1ccc([N+](=O)[O-])n1)Nc1cnn(Cc2c(Cl)cccc2Cl)c1. The van der Waals surface area contributed by atoms with E-state index in [1.54, 1.807) is 29.1 Å². The van der Waals surface area contributed by atoms with Gasteiger partial charge in [0.2, 0.25) is 5.91 Å². The number of benzene rings is 1. The molecule has 0 spiro atoms. The molecule has 3 rings (SSSR count). The Morgan fingerprint density at radius 2 is 1.96 bits per heavy atom. The van der Waals surface area contributed by atoms with Gasteiger partial charge in [0.05, 0.1) is 35.8 Å². The summed E-state index contributed by atoms with van der Waals surface area (Å²) in [6.45, 7) is 0.190. The van der Waals surface area contributed by atoms with Gasteiger partial charge in [0, 0.05) is 21.8 Å². The molecule has 3 aromatic rings. The maximum Gasteiger partial charge on any atom is 0.389 e. The minimum Gasteiger partial charge on any atom is -0.358 e. The Balaban J connectivity index is 1.62. The van der Waals surface area contributed by atoms with Crippen molar-refractivity contribution in [3.8, 4) is 0 Å². The lowest BCUT2D eigenvalue weighted by Crippen LogP contribution is -2.18. The van der Waals surface area contributed by atoms with Gasteiger partial charge in [-0.25, -0.2) is 0 Å². The Kier molecular flexibility index (Phi) is 5.19. The second-order valence-corrected chi connectivity index (χ2v) is 6.12. The van der Waals surface area contributed by atoms with E-state index in [1.165, 1.54) is 23.1 Å². The van der Waals surface area contributed by atoms with Crippen LogP contribution in [0.25, 0.3) is 0 Å². The summed E-state index contributed by atoms with van der Waals surface area (Å²) in [5.41, 5.74) is 1.19. The summed E-state index contributed by atoms with van der Waals surface area (Å²) in [6, 6.07) is 6.44. The van der Waals surface area contributed by atoms with E-state index in [9.17, 15) is 14.9 Å². The topological polar surface area (TPSA) is 108 Å². The van der Waals surface area contributed by atoms with Gasteiger partial charge < -0.3 is 15.4 Å². The average Bonchev–Trinajstić information content (AvgIpc) is 3.21. The number of hydrogen-bond donors (Lipinski definition) is 1. The van der Waals surface area contributed by atoms with E-state index < -0.39 is 10.8 Å². The van der Waals surface area contributed by atoms with Gasteiger partial charge in [-0.2, -0.15) is 9.78 Å². The third kappa shape index (κ3) is 4.19. The molecule has 1 N–H and O–H groups in total. The first-order chi connectivity index (χ1) is 12.4. The van der Waals surface area contributed by atoms with Crippen molar-refractivity contribution in [1.82, 2.24) is 19.6 Å². The highest BCUT2D eigenvalue weighted by molar-refractivity contribution is 6.35. The Morgan fingerprint density at radius 3 is 2.62 bits per heavy atom. The number of nitrogens with zero attached hydrogens (tertiary/aromatic N) is 5. The number of nitrogens with one attached hydrogen (secondary N) is 1. The number of amides is 1. The second-order valence-electron chi connectivity index (χ2n) is 5.30. The van der Waals surface area contributed by atoms with Crippen LogP contribution in [0, 0.1) is 10.1 Å². The van der Waals surface area contributed by atoms with Crippen LogP contribution in [-0.4, -0.2) is 30.4 Å². The summed E-state index contributed by atoms with van der Waals surface area (Å²) in [5.74, 6) is -0.708. The van der Waals surface area contributed by atoms with Crippen molar-refractivity contribution in [3.63, 3.8) is 0 Å². The minimum absolute atomic E-state index is 0.157. The Morgan fingerprint density at radius 1 is 1.23 bits per heavy atom. The van der Waals surface area contributed by atoms with Crippen LogP contribution >= 0.6 is 23.2 Å². The zero-order chi connectivity index (χ0) is 18.7. The molecule has 0 aliphatic carbocycles. The summed E-state index contributed by atoms with van der Waals surface area (Å²) in [4.78, 5) is 22.0. The van der Waals surface area contributed by atoms with Crippen molar-refractivity contribution in [1.29, 1.82) is 0 Å². The lowest BCUT2D eigenvalue weighted by atomic mass is 10.2. The number of rotatable bonds is 6. The molecule has 9 nitrogen and oxygen atoms in total. The molecule has 2 aromatic heterocycles. The summed E-state index contributed by atoms with van der Waals surface area (Å²) in [7, 11) is 0. The van der Waals surface area contributed by atoms with Crippen LogP contribution in [0.3, 0.4) is 0 Å². The van der Waals surface area contributed by atoms with Gasteiger partial charge in [-0.1, -0.05) is 29.3 Å². The molecular weight excluding hydrogens is 383 g/mol. The fourth-order valence-electron chi connectivity index (χ4n) is 2.24. The number of nitro groups is 1. The molecule has 0 aliphatic rings. The van der Waals surface area contributed by atoms with Gasteiger partial charge in [0.15, 0.2) is 0 Å². The number of hydrogen-bond acceptors (Lipinski definition) is 5. The number of aromatic nitrogens is 4. The number of halogens is 2. The standard InChI is InChI=1S/C15H12Cl2N6O3/c16-12-2-1-3-13(17)11(12)8-22-7-10(6-18-22)19-15(24)9-21-5-4-14(20-21)23(25)26/h1-7H,8-9H2,(H,19,24). The molecule has 1 amide bonds. The van der Waals surface area contributed by atoms with Crippen LogP contribution in [0.4, 0.5) is 11.5 Å². The average molecular weight is 395 g/mol. The maximum atomic E-state index is 12.0. The molecule has 11 heteroatoms. The zero-order valence-electron chi connectivity index (χ0n) is 13.2. The molecule has 0 radical (unpaired) electrons. The lowest BCUT2D eigenvalue weighted by molar-refractivity contribution is -0.389. The highest BCUT2D eigenvalue weighted by Crippen LogP contribution is 2.25. The van der Waals surface area contributed by atoms with Crippen LogP contribution in [0.15, 0.2) is 42.9 Å². The van der Waals surface area contributed by atoms with Crippen molar-refractivity contribution in [2.45, 2.75) is 13.1 Å². The third-order valence-electron chi connectivity index (χ3n) is 3.42. The van der Waals surface area contributed by atoms with E-state index in [-0.39, 0.29) is 12.4 Å². The van der Waals surface area contributed by atoms with E-state index >= 15 is 0 Å². The quantitative estimate of drug-likeness (QED) is 0.510. The fraction of sp³-hybridized carbons (Fsp3) is 0.133. The molecule has 0 unspecified atom stereocenters. The minimum atomic E-state index is -0.627. The van der Waals surface area contributed by atoms with Crippen molar-refractivity contribution in [3.05, 3.63) is 68.6 Å². The Labute approximate surface area is 157 Å².